The number of guanidine groups is 1. The summed E-state index contributed by atoms with van der Waals surface area (Å²) in [7, 11) is 0. The van der Waals surface area contributed by atoms with Crippen LogP contribution in [0.4, 0.5) is 0 Å². The molecule has 1 heterocycles. The summed E-state index contributed by atoms with van der Waals surface area (Å²) >= 11 is 0. The van der Waals surface area contributed by atoms with Gasteiger partial charge in [0, 0.05) is 12.1 Å². The molecule has 0 amide bonds. The van der Waals surface area contributed by atoms with Gasteiger partial charge in [0.05, 0.1) is 12.6 Å². The number of benzene rings is 1. The highest BCUT2D eigenvalue weighted by molar-refractivity contribution is 5.80. The molecule has 0 radical (unpaired) electrons. The number of rotatable bonds is 8. The van der Waals surface area contributed by atoms with E-state index < -0.39 is 0 Å². The molecule has 0 bridgehead atoms. The van der Waals surface area contributed by atoms with Crippen molar-refractivity contribution in [1.29, 1.82) is 0 Å². The number of hydrogen-bond acceptors (Lipinski definition) is 3. The topological polar surface area (TPSA) is 58.8 Å². The molecule has 134 valence electrons. The summed E-state index contributed by atoms with van der Waals surface area (Å²) in [5.74, 6) is 3.36. The van der Waals surface area contributed by atoms with Crippen LogP contribution in [0.25, 0.3) is 0 Å². The third-order valence-electron chi connectivity index (χ3n) is 3.62. The second kappa shape index (κ2) is 9.57. The quantitative estimate of drug-likeness (QED) is 0.433. The zero-order valence-electron chi connectivity index (χ0n) is 15.2. The molecular weight excluding hydrogens is 314 g/mol. The van der Waals surface area contributed by atoms with E-state index in [9.17, 15) is 0 Å². The molecular formula is C20H27N3O2. The van der Waals surface area contributed by atoms with E-state index in [-0.39, 0.29) is 6.04 Å². The lowest BCUT2D eigenvalue weighted by Crippen LogP contribution is -2.38. The molecule has 1 aromatic heterocycles. The average molecular weight is 341 g/mol. The predicted molar refractivity (Wildman–Crippen MR) is 102 cm³/mol. The Morgan fingerprint density at radius 1 is 1.32 bits per heavy atom. The number of hydrogen-bond donors (Lipinski definition) is 2. The Bertz CT molecular complexity index is 706. The molecule has 0 fully saturated rings. The summed E-state index contributed by atoms with van der Waals surface area (Å²) in [5, 5.41) is 6.63. The fraction of sp³-hybridized carbons (Fsp3) is 0.350. The van der Waals surface area contributed by atoms with Crippen LogP contribution in [0.5, 0.6) is 5.75 Å². The second-order valence-corrected chi connectivity index (χ2v) is 5.72. The van der Waals surface area contributed by atoms with Crippen molar-refractivity contribution in [2.75, 3.05) is 13.2 Å². The molecule has 1 unspecified atom stereocenters. The molecule has 2 N–H and O–H groups in total. The summed E-state index contributed by atoms with van der Waals surface area (Å²) in [6.07, 6.45) is 1.73. The van der Waals surface area contributed by atoms with E-state index in [1.807, 2.05) is 57.2 Å². The number of furan rings is 1. The largest absolute Gasteiger partial charge is 0.489 e. The lowest BCUT2D eigenvalue weighted by atomic mass is 10.2. The molecule has 2 rings (SSSR count). The zero-order chi connectivity index (χ0) is 18.1. The van der Waals surface area contributed by atoms with Gasteiger partial charge in [-0.15, -0.1) is 0 Å². The second-order valence-electron chi connectivity index (χ2n) is 5.72. The number of nitrogens with one attached hydrogen (secondary N) is 2. The normalized spacial score (nSPS) is 12.5. The highest BCUT2D eigenvalue weighted by atomic mass is 16.5. The van der Waals surface area contributed by atoms with Crippen molar-refractivity contribution in [3.05, 3.63) is 66.1 Å². The van der Waals surface area contributed by atoms with Crippen molar-refractivity contribution in [2.45, 2.75) is 33.4 Å². The lowest BCUT2D eigenvalue weighted by Gasteiger charge is -2.16. The van der Waals surface area contributed by atoms with Gasteiger partial charge in [0.15, 0.2) is 5.96 Å². The molecule has 0 aliphatic heterocycles. The van der Waals surface area contributed by atoms with E-state index in [2.05, 4.69) is 22.2 Å². The Labute approximate surface area is 149 Å². The molecule has 2 aromatic rings. The average Bonchev–Trinajstić information content (AvgIpc) is 3.05. The first-order chi connectivity index (χ1) is 12.1. The van der Waals surface area contributed by atoms with Crippen LogP contribution in [0.2, 0.25) is 0 Å². The fourth-order valence-corrected chi connectivity index (χ4v) is 2.37. The molecule has 0 aliphatic carbocycles. The van der Waals surface area contributed by atoms with Crippen molar-refractivity contribution in [2.24, 2.45) is 4.99 Å². The van der Waals surface area contributed by atoms with Crippen LogP contribution in [0.1, 0.15) is 37.0 Å². The minimum Gasteiger partial charge on any atom is -0.489 e. The smallest absolute Gasteiger partial charge is 0.192 e. The van der Waals surface area contributed by atoms with Crippen LogP contribution in [-0.4, -0.2) is 19.1 Å². The van der Waals surface area contributed by atoms with Gasteiger partial charge in [-0.05, 0) is 39.0 Å². The molecule has 1 atom stereocenters. The Kier molecular flexibility index (Phi) is 7.14. The summed E-state index contributed by atoms with van der Waals surface area (Å²) in [6, 6.07) is 11.9. The molecule has 1 aromatic carbocycles. The van der Waals surface area contributed by atoms with Gasteiger partial charge in [-0.2, -0.15) is 0 Å². The first-order valence-electron chi connectivity index (χ1n) is 8.56. The molecule has 5 nitrogen and oxygen atoms in total. The third-order valence-corrected chi connectivity index (χ3v) is 3.62. The van der Waals surface area contributed by atoms with Gasteiger partial charge in [0.25, 0.3) is 0 Å². The number of aliphatic imine (C=N–C) groups is 1. The summed E-state index contributed by atoms with van der Waals surface area (Å²) < 4.78 is 11.4. The Hall–Kier alpha value is -2.69. The fourth-order valence-electron chi connectivity index (χ4n) is 2.37. The Morgan fingerprint density at radius 2 is 2.12 bits per heavy atom. The highest BCUT2D eigenvalue weighted by Crippen LogP contribution is 2.19. The van der Waals surface area contributed by atoms with Gasteiger partial charge in [0.1, 0.15) is 23.9 Å². The third kappa shape index (κ3) is 5.71. The van der Waals surface area contributed by atoms with Crippen molar-refractivity contribution in [1.82, 2.24) is 10.6 Å². The van der Waals surface area contributed by atoms with Crippen molar-refractivity contribution < 1.29 is 9.15 Å². The Morgan fingerprint density at radius 3 is 2.80 bits per heavy atom. The van der Waals surface area contributed by atoms with Gasteiger partial charge in [-0.1, -0.05) is 30.9 Å². The number of nitrogens with zero attached hydrogens (tertiary/aromatic N) is 1. The summed E-state index contributed by atoms with van der Waals surface area (Å²) in [5.41, 5.74) is 1.03. The lowest BCUT2D eigenvalue weighted by molar-refractivity contribution is 0.359. The van der Waals surface area contributed by atoms with Gasteiger partial charge in [0.2, 0.25) is 0 Å². The SMILES string of the molecule is C=CCOc1ccccc1CN=C(NCC)NC(C)c1ccc(C)o1. The van der Waals surface area contributed by atoms with Crippen LogP contribution in [0, 0.1) is 6.92 Å². The van der Waals surface area contributed by atoms with Gasteiger partial charge < -0.3 is 19.8 Å². The maximum Gasteiger partial charge on any atom is 0.192 e. The molecule has 0 saturated carbocycles. The first kappa shape index (κ1) is 18.6. The van der Waals surface area contributed by atoms with E-state index in [1.54, 1.807) is 6.08 Å². The van der Waals surface area contributed by atoms with Gasteiger partial charge in [-0.3, -0.25) is 0 Å². The summed E-state index contributed by atoms with van der Waals surface area (Å²) in [4.78, 5) is 4.67. The van der Waals surface area contributed by atoms with Crippen LogP contribution >= 0.6 is 0 Å². The van der Waals surface area contributed by atoms with E-state index in [1.165, 1.54) is 0 Å². The van der Waals surface area contributed by atoms with Crippen LogP contribution < -0.4 is 15.4 Å². The molecule has 0 saturated heterocycles. The van der Waals surface area contributed by atoms with Crippen LogP contribution in [0.15, 0.2) is 58.5 Å². The standard InChI is InChI=1S/C20H27N3O2/c1-5-13-24-19-10-8-7-9-17(19)14-22-20(21-6-2)23-16(4)18-12-11-15(3)25-18/h5,7-12,16H,1,6,13-14H2,2-4H3,(H2,21,22,23). The minimum atomic E-state index is 0.0266. The molecule has 25 heavy (non-hydrogen) atoms. The number of ether oxygens (including phenoxy) is 1. The number of aryl methyl sites for hydroxylation is 1. The van der Waals surface area contributed by atoms with E-state index in [0.717, 1.165) is 35.3 Å². The first-order valence-corrected chi connectivity index (χ1v) is 8.56. The highest BCUT2D eigenvalue weighted by Gasteiger charge is 2.11. The monoisotopic (exact) mass is 341 g/mol. The van der Waals surface area contributed by atoms with Crippen molar-refractivity contribution in [3.8, 4) is 5.75 Å². The maximum atomic E-state index is 5.69. The van der Waals surface area contributed by atoms with E-state index in [0.29, 0.717) is 13.2 Å². The van der Waals surface area contributed by atoms with Crippen molar-refractivity contribution in [3.63, 3.8) is 0 Å². The Balaban J connectivity index is 2.08. The predicted octanol–water partition coefficient (Wildman–Crippen LogP) is 3.97. The maximum absolute atomic E-state index is 5.69. The van der Waals surface area contributed by atoms with Gasteiger partial charge >= 0.3 is 0 Å². The van der Waals surface area contributed by atoms with Crippen molar-refractivity contribution >= 4 is 5.96 Å². The summed E-state index contributed by atoms with van der Waals surface area (Å²) in [6.45, 7) is 11.5. The molecule has 0 spiro atoms. The van der Waals surface area contributed by atoms with E-state index in [4.69, 9.17) is 9.15 Å². The van der Waals surface area contributed by atoms with Crippen LogP contribution in [-0.2, 0) is 6.54 Å². The van der Waals surface area contributed by atoms with Crippen LogP contribution in [0.3, 0.4) is 0 Å². The number of para-hydroxylation sites is 1. The van der Waals surface area contributed by atoms with Gasteiger partial charge in [-0.25, -0.2) is 4.99 Å². The van der Waals surface area contributed by atoms with E-state index >= 15 is 0 Å². The molecule has 0 aliphatic rings. The molecule has 5 heteroatoms. The minimum absolute atomic E-state index is 0.0266. The zero-order valence-corrected chi connectivity index (χ0v) is 15.2.